The quantitative estimate of drug-likeness (QED) is 0.514. The highest BCUT2D eigenvalue weighted by molar-refractivity contribution is 5.89. The van der Waals surface area contributed by atoms with E-state index in [2.05, 4.69) is 20.5 Å². The van der Waals surface area contributed by atoms with Crippen molar-refractivity contribution in [1.82, 2.24) is 20.5 Å². The standard InChI is InChI=1S/C26H33N5O5/c1-3-35-25(33)20-6-11-23(27-16-20)30-12-14-31(15-13-30)26(34)28-18(2)19-4-9-22(10-5-19)36-17-24(32)29-21-7-8-21/h4-6,9-11,16,18,21H,3,7-8,12-15,17H2,1-2H3,(H,28,34)(H,29,32)/t18-/m0/s1. The van der Waals surface area contributed by atoms with Gasteiger partial charge in [0.05, 0.1) is 18.2 Å². The maximum Gasteiger partial charge on any atom is 0.339 e. The van der Waals surface area contributed by atoms with Gasteiger partial charge in [0.25, 0.3) is 5.91 Å². The lowest BCUT2D eigenvalue weighted by atomic mass is 10.1. The van der Waals surface area contributed by atoms with Gasteiger partial charge in [0, 0.05) is 38.4 Å². The van der Waals surface area contributed by atoms with Crippen LogP contribution in [0, 0.1) is 0 Å². The van der Waals surface area contributed by atoms with Crippen molar-refractivity contribution in [2.24, 2.45) is 0 Å². The van der Waals surface area contributed by atoms with E-state index in [1.165, 1.54) is 6.20 Å². The van der Waals surface area contributed by atoms with E-state index >= 15 is 0 Å². The number of urea groups is 1. The first kappa shape index (κ1) is 25.3. The molecule has 1 aromatic carbocycles. The Morgan fingerprint density at radius 2 is 1.78 bits per heavy atom. The molecule has 4 rings (SSSR count). The first-order valence-electron chi connectivity index (χ1n) is 12.4. The number of ether oxygens (including phenoxy) is 2. The van der Waals surface area contributed by atoms with Gasteiger partial charge < -0.3 is 29.9 Å². The van der Waals surface area contributed by atoms with Crippen molar-refractivity contribution in [2.45, 2.75) is 38.8 Å². The Balaban J connectivity index is 1.21. The molecule has 192 valence electrons. The van der Waals surface area contributed by atoms with E-state index in [1.807, 2.05) is 19.1 Å². The Hall–Kier alpha value is -3.82. The fourth-order valence-corrected chi connectivity index (χ4v) is 3.91. The first-order chi connectivity index (χ1) is 17.4. The molecule has 10 nitrogen and oxygen atoms in total. The lowest BCUT2D eigenvalue weighted by molar-refractivity contribution is -0.123. The number of nitrogens with zero attached hydrogens (tertiary/aromatic N) is 3. The number of benzene rings is 1. The van der Waals surface area contributed by atoms with Crippen LogP contribution in [0.3, 0.4) is 0 Å². The van der Waals surface area contributed by atoms with Crippen molar-refractivity contribution in [3.05, 3.63) is 53.7 Å². The number of anilines is 1. The van der Waals surface area contributed by atoms with Crippen molar-refractivity contribution >= 4 is 23.7 Å². The van der Waals surface area contributed by atoms with Gasteiger partial charge in [-0.3, -0.25) is 4.79 Å². The van der Waals surface area contributed by atoms with Crippen LogP contribution in [0.5, 0.6) is 5.75 Å². The van der Waals surface area contributed by atoms with Gasteiger partial charge in [0.2, 0.25) is 0 Å². The van der Waals surface area contributed by atoms with Crippen molar-refractivity contribution in [1.29, 1.82) is 0 Å². The van der Waals surface area contributed by atoms with E-state index in [0.717, 1.165) is 24.2 Å². The zero-order valence-corrected chi connectivity index (χ0v) is 20.7. The molecule has 2 fully saturated rings. The highest BCUT2D eigenvalue weighted by Crippen LogP contribution is 2.20. The van der Waals surface area contributed by atoms with Crippen LogP contribution in [0.25, 0.3) is 0 Å². The number of amides is 3. The molecule has 1 aliphatic heterocycles. The Labute approximate surface area is 211 Å². The number of carbonyl (C=O) groups excluding carboxylic acids is 3. The van der Waals surface area contributed by atoms with Gasteiger partial charge in [-0.25, -0.2) is 14.6 Å². The van der Waals surface area contributed by atoms with E-state index in [1.54, 1.807) is 36.1 Å². The number of esters is 1. The molecule has 0 radical (unpaired) electrons. The van der Waals surface area contributed by atoms with E-state index in [-0.39, 0.29) is 30.6 Å². The van der Waals surface area contributed by atoms with E-state index in [9.17, 15) is 14.4 Å². The molecular weight excluding hydrogens is 462 g/mol. The fraction of sp³-hybridized carbons (Fsp3) is 0.462. The summed E-state index contributed by atoms with van der Waals surface area (Å²) >= 11 is 0. The summed E-state index contributed by atoms with van der Waals surface area (Å²) in [6.45, 7) is 6.44. The van der Waals surface area contributed by atoms with Crippen LogP contribution in [0.2, 0.25) is 0 Å². The van der Waals surface area contributed by atoms with Crippen LogP contribution in [0.4, 0.5) is 10.6 Å². The third-order valence-electron chi connectivity index (χ3n) is 6.18. The molecule has 0 unspecified atom stereocenters. The summed E-state index contributed by atoms with van der Waals surface area (Å²) in [4.78, 5) is 44.6. The molecule has 1 aromatic heterocycles. The van der Waals surface area contributed by atoms with Gasteiger partial charge >= 0.3 is 12.0 Å². The first-order valence-corrected chi connectivity index (χ1v) is 12.4. The third kappa shape index (κ3) is 6.87. The Morgan fingerprint density at radius 1 is 1.06 bits per heavy atom. The summed E-state index contributed by atoms with van der Waals surface area (Å²) in [5.74, 6) is 0.893. The van der Waals surface area contributed by atoms with Crippen LogP contribution in [0.1, 0.15) is 48.7 Å². The van der Waals surface area contributed by atoms with Crippen LogP contribution in [-0.2, 0) is 9.53 Å². The van der Waals surface area contributed by atoms with Crippen molar-refractivity contribution in [3.63, 3.8) is 0 Å². The molecule has 36 heavy (non-hydrogen) atoms. The van der Waals surface area contributed by atoms with Crippen LogP contribution in [0.15, 0.2) is 42.6 Å². The maximum atomic E-state index is 12.8. The van der Waals surface area contributed by atoms with E-state index in [0.29, 0.717) is 50.1 Å². The molecule has 2 aromatic rings. The Morgan fingerprint density at radius 3 is 2.39 bits per heavy atom. The average Bonchev–Trinajstić information content (AvgIpc) is 3.72. The fourth-order valence-electron chi connectivity index (χ4n) is 3.91. The summed E-state index contributed by atoms with van der Waals surface area (Å²) in [5, 5.41) is 5.94. The summed E-state index contributed by atoms with van der Waals surface area (Å²) in [7, 11) is 0. The minimum Gasteiger partial charge on any atom is -0.484 e. The minimum absolute atomic E-state index is 0.000819. The maximum absolute atomic E-state index is 12.8. The normalized spacial score (nSPS) is 16.2. The topological polar surface area (TPSA) is 113 Å². The number of carbonyl (C=O) groups is 3. The second-order valence-electron chi connectivity index (χ2n) is 8.97. The van der Waals surface area contributed by atoms with E-state index in [4.69, 9.17) is 9.47 Å². The van der Waals surface area contributed by atoms with Crippen molar-refractivity contribution in [2.75, 3.05) is 44.3 Å². The molecule has 0 bridgehead atoms. The second kappa shape index (κ2) is 11.7. The van der Waals surface area contributed by atoms with Gasteiger partial charge in [-0.2, -0.15) is 0 Å². The van der Waals surface area contributed by atoms with Gasteiger partial charge in [-0.15, -0.1) is 0 Å². The summed E-state index contributed by atoms with van der Waals surface area (Å²) in [5.41, 5.74) is 1.37. The molecule has 1 aliphatic carbocycles. The minimum atomic E-state index is -0.384. The molecule has 10 heteroatoms. The number of aromatic nitrogens is 1. The molecule has 3 amide bonds. The predicted octanol–water partition coefficient (Wildman–Crippen LogP) is 2.51. The molecule has 2 aliphatic rings. The zero-order valence-electron chi connectivity index (χ0n) is 20.7. The van der Waals surface area contributed by atoms with Gasteiger partial charge in [-0.05, 0) is 56.5 Å². The van der Waals surface area contributed by atoms with Crippen molar-refractivity contribution in [3.8, 4) is 5.75 Å². The summed E-state index contributed by atoms with van der Waals surface area (Å²) in [6.07, 6.45) is 3.61. The largest absolute Gasteiger partial charge is 0.484 e. The zero-order chi connectivity index (χ0) is 25.5. The number of rotatable bonds is 9. The molecule has 2 N–H and O–H groups in total. The lowest BCUT2D eigenvalue weighted by Crippen LogP contribution is -2.52. The number of hydrogen-bond acceptors (Lipinski definition) is 7. The average molecular weight is 496 g/mol. The number of hydrogen-bond donors (Lipinski definition) is 2. The molecule has 0 spiro atoms. The number of nitrogens with one attached hydrogen (secondary N) is 2. The number of pyridine rings is 1. The van der Waals surface area contributed by atoms with Crippen LogP contribution < -0.4 is 20.3 Å². The van der Waals surface area contributed by atoms with Crippen LogP contribution in [-0.4, -0.2) is 73.2 Å². The van der Waals surface area contributed by atoms with Gasteiger partial charge in [-0.1, -0.05) is 12.1 Å². The highest BCUT2D eigenvalue weighted by Gasteiger charge is 2.24. The SMILES string of the molecule is CCOC(=O)c1ccc(N2CCN(C(=O)N[C@@H](C)c3ccc(OCC(=O)NC4CC4)cc3)CC2)nc1. The van der Waals surface area contributed by atoms with Crippen molar-refractivity contribution < 1.29 is 23.9 Å². The highest BCUT2D eigenvalue weighted by atomic mass is 16.5. The van der Waals surface area contributed by atoms with Gasteiger partial charge in [0.1, 0.15) is 11.6 Å². The smallest absolute Gasteiger partial charge is 0.339 e. The van der Waals surface area contributed by atoms with Gasteiger partial charge in [0.15, 0.2) is 6.61 Å². The summed E-state index contributed by atoms with van der Waals surface area (Å²) < 4.78 is 10.5. The van der Waals surface area contributed by atoms with E-state index < -0.39 is 0 Å². The second-order valence-corrected chi connectivity index (χ2v) is 8.97. The third-order valence-corrected chi connectivity index (χ3v) is 6.18. The summed E-state index contributed by atoms with van der Waals surface area (Å²) in [6, 6.07) is 10.9. The predicted molar refractivity (Wildman–Crippen MR) is 134 cm³/mol. The lowest BCUT2D eigenvalue weighted by Gasteiger charge is -2.36. The number of piperazine rings is 1. The molecular formula is C26H33N5O5. The monoisotopic (exact) mass is 495 g/mol. The molecule has 1 saturated heterocycles. The molecule has 2 heterocycles. The van der Waals surface area contributed by atoms with Crippen LogP contribution >= 0.6 is 0 Å². The Kier molecular flexibility index (Phi) is 8.24. The molecule has 1 atom stereocenters. The Bertz CT molecular complexity index is 1050. The molecule has 1 saturated carbocycles.